The van der Waals surface area contributed by atoms with E-state index >= 15 is 0 Å². The molecule has 0 saturated carbocycles. The van der Waals surface area contributed by atoms with E-state index in [0.717, 1.165) is 26.8 Å². The first-order valence-electron chi connectivity index (χ1n) is 11.5. The van der Waals surface area contributed by atoms with E-state index in [1.54, 1.807) is 31.8 Å². The van der Waals surface area contributed by atoms with Crippen LogP contribution < -0.4 is 9.22 Å². The molecular weight excluding hydrogens is 553 g/mol. The van der Waals surface area contributed by atoms with Gasteiger partial charge < -0.3 is 0 Å². The van der Waals surface area contributed by atoms with Crippen LogP contribution in [-0.2, 0) is 7.05 Å². The van der Waals surface area contributed by atoms with Gasteiger partial charge in [0.2, 0.25) is 0 Å². The van der Waals surface area contributed by atoms with Gasteiger partial charge in [0.25, 0.3) is 0 Å². The van der Waals surface area contributed by atoms with E-state index in [0.29, 0.717) is 45.5 Å². The minimum absolute atomic E-state index is 0.296. The number of ether oxygens (including phenoxy) is 1. The molecule has 186 valence electrons. The van der Waals surface area contributed by atoms with Crippen molar-refractivity contribution in [3.8, 4) is 34.3 Å². The van der Waals surface area contributed by atoms with Crippen molar-refractivity contribution in [2.24, 2.45) is 7.05 Å². The second-order valence-corrected chi connectivity index (χ2v) is 9.94. The van der Waals surface area contributed by atoms with Gasteiger partial charge in [-0.1, -0.05) is 0 Å². The Labute approximate surface area is 226 Å². The second kappa shape index (κ2) is 9.92. The Morgan fingerprint density at radius 1 is 1.16 bits per heavy atom. The molecule has 0 N–H and O–H groups in total. The molecule has 2 unspecified atom stereocenters. The molecule has 1 aromatic carbocycles. The van der Waals surface area contributed by atoms with Gasteiger partial charge in [0, 0.05) is 7.05 Å². The fraction of sp³-hybridized carbons (Fsp3) is 0.240. The van der Waals surface area contributed by atoms with Gasteiger partial charge >= 0.3 is 193 Å². The molecule has 10 nitrogen and oxygen atoms in total. The zero-order chi connectivity index (χ0) is 26.3. The third-order valence-corrected chi connectivity index (χ3v) is 7.30. The SMILES string of the molecule is CCOc1c(C(C)n2nc(C)c3c([AsH2])ncnc32)cc(Cl)c(C#N)c1-c1ccc(-c2cnn(C)n2)nc1. The van der Waals surface area contributed by atoms with Crippen molar-refractivity contribution >= 4 is 44.0 Å². The standard InChI is InChI=1S/C25H23AsClN9O/c1-5-37-23-16(14(3)36-25-21(13(2)33-36)24(26)30-12-31-25)8-18(27)17(9-28)22(23)15-6-7-19(29-10-15)20-11-32-35(4)34-20/h6-8,10-12,14H,5,26H2,1-4H3. The molecule has 0 fully saturated rings. The van der Waals surface area contributed by atoms with Crippen molar-refractivity contribution in [3.63, 3.8) is 0 Å². The van der Waals surface area contributed by atoms with Crippen molar-refractivity contribution < 1.29 is 4.74 Å². The van der Waals surface area contributed by atoms with Gasteiger partial charge in [0.15, 0.2) is 0 Å². The van der Waals surface area contributed by atoms with Gasteiger partial charge in [-0.15, -0.1) is 0 Å². The molecule has 0 saturated heterocycles. The van der Waals surface area contributed by atoms with Crippen molar-refractivity contribution in [2.75, 3.05) is 6.61 Å². The Bertz CT molecular complexity index is 1670. The molecule has 4 aromatic heterocycles. The van der Waals surface area contributed by atoms with Gasteiger partial charge in [-0.2, -0.15) is 15.0 Å². The molecule has 0 bridgehead atoms. The predicted octanol–water partition coefficient (Wildman–Crippen LogP) is 2.78. The number of hydrogen-bond donors (Lipinski definition) is 0. The molecular formula is C25H23AsClN9O. The summed E-state index contributed by atoms with van der Waals surface area (Å²) in [6.45, 7) is 6.25. The quantitative estimate of drug-likeness (QED) is 0.284. The molecule has 0 aliphatic heterocycles. The van der Waals surface area contributed by atoms with E-state index in [-0.39, 0.29) is 6.04 Å². The number of rotatable bonds is 6. The Hall–Kier alpha value is -3.80. The molecule has 0 aliphatic rings. The minimum atomic E-state index is -0.296. The summed E-state index contributed by atoms with van der Waals surface area (Å²) in [6, 6.07) is 7.46. The van der Waals surface area contributed by atoms with Gasteiger partial charge in [0.1, 0.15) is 5.69 Å². The molecule has 0 amide bonds. The van der Waals surface area contributed by atoms with Crippen LogP contribution in [0.25, 0.3) is 33.5 Å². The number of pyridine rings is 1. The van der Waals surface area contributed by atoms with Crippen LogP contribution in [0.1, 0.15) is 36.7 Å². The zero-order valence-corrected chi connectivity index (χ0v) is 23.8. The van der Waals surface area contributed by atoms with E-state index in [2.05, 4.69) is 31.2 Å². The molecule has 0 radical (unpaired) electrons. The average Bonchev–Trinajstić information content (AvgIpc) is 3.48. The summed E-state index contributed by atoms with van der Waals surface area (Å²) < 4.78 is 8.97. The van der Waals surface area contributed by atoms with E-state index in [1.807, 2.05) is 37.6 Å². The van der Waals surface area contributed by atoms with Gasteiger partial charge in [-0.25, -0.2) is 0 Å². The van der Waals surface area contributed by atoms with Crippen molar-refractivity contribution in [2.45, 2.75) is 26.8 Å². The van der Waals surface area contributed by atoms with Gasteiger partial charge in [-0.05, 0) is 0 Å². The third-order valence-electron chi connectivity index (χ3n) is 6.09. The Morgan fingerprint density at radius 3 is 2.62 bits per heavy atom. The van der Waals surface area contributed by atoms with Gasteiger partial charge in [-0.3, -0.25) is 0 Å². The molecule has 5 rings (SSSR count). The van der Waals surface area contributed by atoms with Crippen LogP contribution in [-0.4, -0.2) is 63.2 Å². The topological polar surface area (TPSA) is 120 Å². The van der Waals surface area contributed by atoms with E-state index in [1.165, 1.54) is 21.6 Å². The number of aryl methyl sites for hydroxylation is 2. The number of benzene rings is 1. The first kappa shape index (κ1) is 24.9. The van der Waals surface area contributed by atoms with Crippen LogP contribution >= 0.6 is 11.6 Å². The Balaban J connectivity index is 1.70. The zero-order valence-electron chi connectivity index (χ0n) is 20.6. The van der Waals surface area contributed by atoms with E-state index in [9.17, 15) is 5.26 Å². The fourth-order valence-corrected chi connectivity index (χ4v) is 5.48. The number of halogens is 1. The maximum absolute atomic E-state index is 10.0. The summed E-state index contributed by atoms with van der Waals surface area (Å²) in [6.07, 6.45) is 4.89. The van der Waals surface area contributed by atoms with Crippen LogP contribution in [0.2, 0.25) is 5.02 Å². The summed E-state index contributed by atoms with van der Waals surface area (Å²) in [7, 11) is 1.75. The molecule has 0 aliphatic carbocycles. The number of nitrogens with zero attached hydrogens (tertiary/aromatic N) is 9. The number of aromatic nitrogens is 8. The first-order chi connectivity index (χ1) is 17.8. The normalized spacial score (nSPS) is 12.0. The summed E-state index contributed by atoms with van der Waals surface area (Å²) >= 11 is 8.11. The average molecular weight is 576 g/mol. The summed E-state index contributed by atoms with van der Waals surface area (Å²) in [5, 5.41) is 24.5. The molecule has 0 spiro atoms. The van der Waals surface area contributed by atoms with Crippen LogP contribution in [0.3, 0.4) is 0 Å². The van der Waals surface area contributed by atoms with E-state index in [4.69, 9.17) is 21.4 Å². The maximum atomic E-state index is 10.0. The van der Waals surface area contributed by atoms with Crippen LogP contribution in [0.4, 0.5) is 0 Å². The van der Waals surface area contributed by atoms with Crippen molar-refractivity contribution in [1.29, 1.82) is 5.26 Å². The molecule has 2 atom stereocenters. The first-order valence-corrected chi connectivity index (χ1v) is 13.1. The molecule has 12 heteroatoms. The van der Waals surface area contributed by atoms with Crippen LogP contribution in [0, 0.1) is 18.3 Å². The predicted molar refractivity (Wildman–Crippen MR) is 143 cm³/mol. The van der Waals surface area contributed by atoms with Crippen LogP contribution in [0.15, 0.2) is 36.9 Å². The van der Waals surface area contributed by atoms with Crippen LogP contribution in [0.5, 0.6) is 5.75 Å². The molecule has 4 heterocycles. The number of hydrogen-bond acceptors (Lipinski definition) is 8. The summed E-state index contributed by atoms with van der Waals surface area (Å²) in [5.41, 5.74) is 5.29. The molecule has 5 aromatic rings. The third kappa shape index (κ3) is 4.35. The summed E-state index contributed by atoms with van der Waals surface area (Å²) in [5.74, 6) is 0.557. The van der Waals surface area contributed by atoms with E-state index < -0.39 is 0 Å². The Morgan fingerprint density at radius 2 is 1.97 bits per heavy atom. The monoisotopic (exact) mass is 575 g/mol. The Kier molecular flexibility index (Phi) is 6.67. The fourth-order valence-electron chi connectivity index (χ4n) is 4.37. The number of nitriles is 1. The number of fused-ring (bicyclic) bond motifs is 1. The molecule has 37 heavy (non-hydrogen) atoms. The second-order valence-electron chi connectivity index (χ2n) is 8.39. The van der Waals surface area contributed by atoms with Crippen molar-refractivity contribution in [3.05, 3.63) is 58.8 Å². The van der Waals surface area contributed by atoms with Crippen molar-refractivity contribution in [1.82, 2.24) is 39.7 Å². The van der Waals surface area contributed by atoms with Gasteiger partial charge in [0.05, 0.1) is 6.20 Å². The summed E-state index contributed by atoms with van der Waals surface area (Å²) in [4.78, 5) is 14.9.